The van der Waals surface area contributed by atoms with Crippen LogP contribution >= 0.6 is 24.0 Å². The van der Waals surface area contributed by atoms with E-state index in [1.165, 1.54) is 17.5 Å². The lowest BCUT2D eigenvalue weighted by Crippen LogP contribution is -2.40. The molecule has 1 aliphatic heterocycles. The quantitative estimate of drug-likeness (QED) is 0.390. The molecule has 0 bridgehead atoms. The predicted molar refractivity (Wildman–Crippen MR) is 123 cm³/mol. The summed E-state index contributed by atoms with van der Waals surface area (Å²) in [5.74, 6) is 0.926. The Morgan fingerprint density at radius 1 is 1.15 bits per heavy atom. The van der Waals surface area contributed by atoms with Gasteiger partial charge in [-0.2, -0.15) is 0 Å². The molecule has 0 amide bonds. The molecule has 1 aliphatic rings. The fourth-order valence-electron chi connectivity index (χ4n) is 3.24. The van der Waals surface area contributed by atoms with Gasteiger partial charge in [0.15, 0.2) is 15.8 Å². The zero-order valence-electron chi connectivity index (χ0n) is 15.7. The van der Waals surface area contributed by atoms with Crippen molar-refractivity contribution in [1.82, 2.24) is 5.32 Å². The molecule has 0 unspecified atom stereocenters. The average molecular weight is 499 g/mol. The number of sulfone groups is 1. The summed E-state index contributed by atoms with van der Waals surface area (Å²) in [5, 5.41) is 3.37. The SMILES string of the molecule is CCNC(=NCc1cccc(CS(C)(=O)=O)c1)N1CCc2ccccc21.I. The standard InChI is InChI=1S/C20H25N3O2S.HI/c1-3-21-20(23-12-11-18-9-4-5-10-19(18)23)22-14-16-7-6-8-17(13-16)15-26(2,24)25;/h4-10,13H,3,11-12,14-15H2,1-2H3,(H,21,22);1H. The van der Waals surface area contributed by atoms with Crippen LogP contribution in [-0.4, -0.2) is 33.7 Å². The minimum Gasteiger partial charge on any atom is -0.356 e. The minimum absolute atomic E-state index is 0. The maximum atomic E-state index is 11.5. The summed E-state index contributed by atoms with van der Waals surface area (Å²) in [4.78, 5) is 7.01. The summed E-state index contributed by atoms with van der Waals surface area (Å²) in [6, 6.07) is 16.0. The predicted octanol–water partition coefficient (Wildman–Crippen LogP) is 3.38. The Morgan fingerprint density at radius 3 is 2.63 bits per heavy atom. The van der Waals surface area contributed by atoms with Crippen LogP contribution in [0.15, 0.2) is 53.5 Å². The summed E-state index contributed by atoms with van der Waals surface area (Å²) in [7, 11) is -3.04. The number of benzene rings is 2. The zero-order valence-corrected chi connectivity index (χ0v) is 18.8. The third-order valence-corrected chi connectivity index (χ3v) is 5.17. The molecule has 5 nitrogen and oxygen atoms in total. The highest BCUT2D eigenvalue weighted by molar-refractivity contribution is 14.0. The lowest BCUT2D eigenvalue weighted by molar-refractivity contribution is 0.601. The van der Waals surface area contributed by atoms with E-state index in [1.807, 2.05) is 24.3 Å². The van der Waals surface area contributed by atoms with Crippen LogP contribution in [0.25, 0.3) is 0 Å². The smallest absolute Gasteiger partial charge is 0.198 e. The molecule has 1 N–H and O–H groups in total. The van der Waals surface area contributed by atoms with Crippen LogP contribution in [-0.2, 0) is 28.6 Å². The second kappa shape index (κ2) is 9.54. The van der Waals surface area contributed by atoms with Gasteiger partial charge in [-0.3, -0.25) is 0 Å². The number of halogens is 1. The lowest BCUT2D eigenvalue weighted by Gasteiger charge is -2.22. The first-order valence-electron chi connectivity index (χ1n) is 8.85. The molecular weight excluding hydrogens is 473 g/mol. The third-order valence-electron chi connectivity index (χ3n) is 4.31. The summed E-state index contributed by atoms with van der Waals surface area (Å²) < 4.78 is 23.0. The highest BCUT2D eigenvalue weighted by Gasteiger charge is 2.22. The maximum Gasteiger partial charge on any atom is 0.198 e. The Kier molecular flexibility index (Phi) is 7.67. The van der Waals surface area contributed by atoms with Gasteiger partial charge in [0, 0.05) is 25.0 Å². The van der Waals surface area contributed by atoms with Gasteiger partial charge in [-0.25, -0.2) is 13.4 Å². The molecule has 0 saturated heterocycles. The van der Waals surface area contributed by atoms with Crippen molar-refractivity contribution in [3.05, 3.63) is 65.2 Å². The van der Waals surface area contributed by atoms with Crippen molar-refractivity contribution in [2.75, 3.05) is 24.2 Å². The van der Waals surface area contributed by atoms with Gasteiger partial charge in [-0.1, -0.05) is 42.5 Å². The molecule has 0 fully saturated rings. The molecule has 3 rings (SSSR count). The van der Waals surface area contributed by atoms with E-state index in [4.69, 9.17) is 4.99 Å². The van der Waals surface area contributed by atoms with Gasteiger partial charge in [0.05, 0.1) is 12.3 Å². The van der Waals surface area contributed by atoms with E-state index < -0.39 is 9.84 Å². The first-order chi connectivity index (χ1) is 12.5. The van der Waals surface area contributed by atoms with Crippen LogP contribution in [0.3, 0.4) is 0 Å². The van der Waals surface area contributed by atoms with Gasteiger partial charge in [0.2, 0.25) is 0 Å². The number of rotatable bonds is 5. The first kappa shape index (κ1) is 21.7. The van der Waals surface area contributed by atoms with Crippen LogP contribution < -0.4 is 10.2 Å². The van der Waals surface area contributed by atoms with Crippen molar-refractivity contribution >= 4 is 45.5 Å². The van der Waals surface area contributed by atoms with Crippen LogP contribution in [0.4, 0.5) is 5.69 Å². The number of hydrogen-bond acceptors (Lipinski definition) is 3. The van der Waals surface area contributed by atoms with Crippen LogP contribution in [0, 0.1) is 0 Å². The van der Waals surface area contributed by atoms with Crippen molar-refractivity contribution in [2.24, 2.45) is 4.99 Å². The number of nitrogens with zero attached hydrogens (tertiary/aromatic N) is 2. The molecule has 7 heteroatoms. The Balaban J connectivity index is 0.00000261. The van der Waals surface area contributed by atoms with Gasteiger partial charge in [-0.15, -0.1) is 24.0 Å². The summed E-state index contributed by atoms with van der Waals surface area (Å²) >= 11 is 0. The van der Waals surface area contributed by atoms with Crippen LogP contribution in [0.1, 0.15) is 23.6 Å². The number of hydrogen-bond donors (Lipinski definition) is 1. The van der Waals surface area contributed by atoms with Gasteiger partial charge >= 0.3 is 0 Å². The Morgan fingerprint density at radius 2 is 1.89 bits per heavy atom. The summed E-state index contributed by atoms with van der Waals surface area (Å²) in [6.07, 6.45) is 2.27. The number of para-hydroxylation sites is 1. The van der Waals surface area contributed by atoms with Gasteiger partial charge in [0.25, 0.3) is 0 Å². The fraction of sp³-hybridized carbons (Fsp3) is 0.350. The number of fused-ring (bicyclic) bond motifs is 1. The van der Waals surface area contributed by atoms with Crippen molar-refractivity contribution in [3.8, 4) is 0 Å². The maximum absolute atomic E-state index is 11.5. The second-order valence-electron chi connectivity index (χ2n) is 6.59. The van der Waals surface area contributed by atoms with Gasteiger partial charge in [0.1, 0.15) is 0 Å². The van der Waals surface area contributed by atoms with Crippen molar-refractivity contribution in [2.45, 2.75) is 25.6 Å². The van der Waals surface area contributed by atoms with E-state index in [0.717, 1.165) is 36.6 Å². The van der Waals surface area contributed by atoms with E-state index in [9.17, 15) is 8.42 Å². The zero-order chi connectivity index (χ0) is 18.6. The van der Waals surface area contributed by atoms with Crippen LogP contribution in [0.2, 0.25) is 0 Å². The molecule has 27 heavy (non-hydrogen) atoms. The van der Waals surface area contributed by atoms with E-state index in [0.29, 0.717) is 6.54 Å². The number of nitrogens with one attached hydrogen (secondary N) is 1. The van der Waals surface area contributed by atoms with E-state index >= 15 is 0 Å². The molecule has 0 spiro atoms. The number of anilines is 1. The molecule has 2 aromatic carbocycles. The molecule has 1 heterocycles. The van der Waals surface area contributed by atoms with E-state index in [-0.39, 0.29) is 29.7 Å². The van der Waals surface area contributed by atoms with Crippen molar-refractivity contribution < 1.29 is 8.42 Å². The molecule has 0 saturated carbocycles. The normalized spacial score (nSPS) is 13.9. The first-order valence-corrected chi connectivity index (χ1v) is 10.9. The third kappa shape index (κ3) is 5.93. The Labute approximate surface area is 178 Å². The largest absolute Gasteiger partial charge is 0.356 e. The monoisotopic (exact) mass is 499 g/mol. The van der Waals surface area contributed by atoms with Gasteiger partial charge in [-0.05, 0) is 36.1 Å². The second-order valence-corrected chi connectivity index (χ2v) is 8.73. The van der Waals surface area contributed by atoms with Crippen LogP contribution in [0.5, 0.6) is 0 Å². The molecule has 2 aromatic rings. The van der Waals surface area contributed by atoms with Crippen molar-refractivity contribution in [1.29, 1.82) is 0 Å². The molecule has 146 valence electrons. The number of aliphatic imine (C=N–C) groups is 1. The summed E-state index contributed by atoms with van der Waals surface area (Å²) in [6.45, 7) is 4.29. The lowest BCUT2D eigenvalue weighted by atomic mass is 10.1. The molecule has 0 atom stereocenters. The van der Waals surface area contributed by atoms with E-state index in [1.54, 1.807) is 0 Å². The molecule has 0 aromatic heterocycles. The minimum atomic E-state index is -3.04. The summed E-state index contributed by atoms with van der Waals surface area (Å²) in [5.41, 5.74) is 4.36. The van der Waals surface area contributed by atoms with E-state index in [2.05, 4.69) is 41.4 Å². The van der Waals surface area contributed by atoms with Gasteiger partial charge < -0.3 is 10.2 Å². The highest BCUT2D eigenvalue weighted by atomic mass is 127. The highest BCUT2D eigenvalue weighted by Crippen LogP contribution is 2.27. The van der Waals surface area contributed by atoms with Crippen molar-refractivity contribution in [3.63, 3.8) is 0 Å². The molecular formula is C20H26IN3O2S. The number of guanidine groups is 1. The fourth-order valence-corrected chi connectivity index (χ4v) is 4.02. The topological polar surface area (TPSA) is 61.8 Å². The average Bonchev–Trinajstić information content (AvgIpc) is 3.01. The Hall–Kier alpha value is -1.61. The molecule has 0 radical (unpaired) electrons. The Bertz CT molecular complexity index is 913. The molecule has 0 aliphatic carbocycles.